The van der Waals surface area contributed by atoms with Crippen LogP contribution in [0.3, 0.4) is 0 Å². The van der Waals surface area contributed by atoms with Gasteiger partial charge in [0.25, 0.3) is 11.8 Å². The number of nitrogens with two attached hydrogens (primary N) is 1. The van der Waals surface area contributed by atoms with Crippen molar-refractivity contribution in [2.24, 2.45) is 5.73 Å². The quantitative estimate of drug-likeness (QED) is 0.819. The molecule has 6 heteroatoms. The number of carbonyl (C=O) groups excluding carboxylic acids is 3. The van der Waals surface area contributed by atoms with Gasteiger partial charge in [-0.15, -0.1) is 0 Å². The van der Waals surface area contributed by atoms with Crippen LogP contribution in [0.2, 0.25) is 0 Å². The summed E-state index contributed by atoms with van der Waals surface area (Å²) in [4.78, 5) is 34.7. The standard InChI is InChI=1S/C16H14N2O4/c17-15(20)12-8-4-5-9-13(12)18-14(19)10-22-16(21)11-6-2-1-3-7-11/h1-9H,10H2,(H2,17,20)(H,18,19). The molecule has 0 aliphatic carbocycles. The molecular weight excluding hydrogens is 284 g/mol. The van der Waals surface area contributed by atoms with Crippen molar-refractivity contribution in [1.82, 2.24) is 0 Å². The van der Waals surface area contributed by atoms with Crippen LogP contribution in [0.4, 0.5) is 5.69 Å². The van der Waals surface area contributed by atoms with E-state index in [0.717, 1.165) is 0 Å². The molecule has 2 amide bonds. The van der Waals surface area contributed by atoms with E-state index in [9.17, 15) is 14.4 Å². The second kappa shape index (κ2) is 7.03. The van der Waals surface area contributed by atoms with Gasteiger partial charge in [-0.25, -0.2) is 4.79 Å². The molecule has 0 radical (unpaired) electrons. The highest BCUT2D eigenvalue weighted by Gasteiger charge is 2.12. The molecule has 112 valence electrons. The number of amides is 2. The largest absolute Gasteiger partial charge is 0.452 e. The Labute approximate surface area is 126 Å². The van der Waals surface area contributed by atoms with Crippen LogP contribution in [0, 0.1) is 0 Å². The first-order valence-electron chi connectivity index (χ1n) is 6.49. The van der Waals surface area contributed by atoms with Crippen molar-refractivity contribution >= 4 is 23.5 Å². The van der Waals surface area contributed by atoms with E-state index in [4.69, 9.17) is 10.5 Å². The maximum atomic E-state index is 11.8. The van der Waals surface area contributed by atoms with Gasteiger partial charge in [0.2, 0.25) is 0 Å². The Morgan fingerprint density at radius 2 is 1.59 bits per heavy atom. The van der Waals surface area contributed by atoms with Crippen molar-refractivity contribution in [3.05, 3.63) is 65.7 Å². The number of para-hydroxylation sites is 1. The molecule has 0 heterocycles. The van der Waals surface area contributed by atoms with E-state index in [2.05, 4.69) is 5.32 Å². The van der Waals surface area contributed by atoms with Crippen molar-refractivity contribution in [3.63, 3.8) is 0 Å². The SMILES string of the molecule is NC(=O)c1ccccc1NC(=O)COC(=O)c1ccccc1. The van der Waals surface area contributed by atoms with Crippen LogP contribution < -0.4 is 11.1 Å². The van der Waals surface area contributed by atoms with Crippen LogP contribution in [-0.2, 0) is 9.53 Å². The molecule has 2 aromatic rings. The van der Waals surface area contributed by atoms with Gasteiger partial charge in [-0.1, -0.05) is 30.3 Å². The fourth-order valence-electron chi connectivity index (χ4n) is 1.78. The summed E-state index contributed by atoms with van der Waals surface area (Å²) in [5.41, 5.74) is 6.03. The Hall–Kier alpha value is -3.15. The van der Waals surface area contributed by atoms with Gasteiger partial charge in [-0.2, -0.15) is 0 Å². The number of anilines is 1. The van der Waals surface area contributed by atoms with Crippen LogP contribution >= 0.6 is 0 Å². The summed E-state index contributed by atoms with van der Waals surface area (Å²) < 4.78 is 4.90. The van der Waals surface area contributed by atoms with E-state index in [-0.39, 0.29) is 11.3 Å². The molecule has 22 heavy (non-hydrogen) atoms. The van der Waals surface area contributed by atoms with Gasteiger partial charge in [-0.3, -0.25) is 9.59 Å². The van der Waals surface area contributed by atoms with Gasteiger partial charge in [0.15, 0.2) is 6.61 Å². The smallest absolute Gasteiger partial charge is 0.338 e. The van der Waals surface area contributed by atoms with E-state index in [1.165, 1.54) is 12.1 Å². The third-order valence-corrected chi connectivity index (χ3v) is 2.81. The first-order valence-corrected chi connectivity index (χ1v) is 6.49. The molecule has 0 fully saturated rings. The Balaban J connectivity index is 1.94. The molecule has 0 aliphatic heterocycles. The van der Waals surface area contributed by atoms with Crippen LogP contribution in [-0.4, -0.2) is 24.4 Å². The molecule has 0 saturated carbocycles. The molecule has 0 aromatic heterocycles. The maximum absolute atomic E-state index is 11.8. The van der Waals surface area contributed by atoms with Gasteiger partial charge < -0.3 is 15.8 Å². The van der Waals surface area contributed by atoms with Gasteiger partial charge in [0.1, 0.15) is 0 Å². The minimum absolute atomic E-state index is 0.185. The lowest BCUT2D eigenvalue weighted by Crippen LogP contribution is -2.23. The zero-order valence-corrected chi connectivity index (χ0v) is 11.6. The monoisotopic (exact) mass is 298 g/mol. The highest BCUT2D eigenvalue weighted by Crippen LogP contribution is 2.14. The number of nitrogens with one attached hydrogen (secondary N) is 1. The third-order valence-electron chi connectivity index (χ3n) is 2.81. The number of primary amides is 1. The molecule has 0 unspecified atom stereocenters. The molecule has 0 spiro atoms. The average Bonchev–Trinajstić information content (AvgIpc) is 2.53. The van der Waals surface area contributed by atoms with Gasteiger partial charge in [0.05, 0.1) is 16.8 Å². The minimum Gasteiger partial charge on any atom is -0.452 e. The third kappa shape index (κ3) is 3.92. The summed E-state index contributed by atoms with van der Waals surface area (Å²) in [6, 6.07) is 14.6. The summed E-state index contributed by atoms with van der Waals surface area (Å²) >= 11 is 0. The first kappa shape index (κ1) is 15.2. The van der Waals surface area contributed by atoms with Crippen molar-refractivity contribution < 1.29 is 19.1 Å². The Morgan fingerprint density at radius 1 is 0.955 bits per heavy atom. The summed E-state index contributed by atoms with van der Waals surface area (Å²) in [5, 5.41) is 2.48. The average molecular weight is 298 g/mol. The highest BCUT2D eigenvalue weighted by atomic mass is 16.5. The van der Waals surface area contributed by atoms with E-state index in [0.29, 0.717) is 5.56 Å². The molecule has 3 N–H and O–H groups in total. The van der Waals surface area contributed by atoms with E-state index < -0.39 is 24.4 Å². The Bertz CT molecular complexity index is 698. The predicted octanol–water partition coefficient (Wildman–Crippen LogP) is 1.58. The molecule has 2 aromatic carbocycles. The predicted molar refractivity (Wildman–Crippen MR) is 80.3 cm³/mol. The number of rotatable bonds is 5. The van der Waals surface area contributed by atoms with Crippen molar-refractivity contribution in [3.8, 4) is 0 Å². The molecule has 2 rings (SSSR count). The van der Waals surface area contributed by atoms with Crippen LogP contribution in [0.1, 0.15) is 20.7 Å². The van der Waals surface area contributed by atoms with Gasteiger partial charge in [-0.05, 0) is 24.3 Å². The van der Waals surface area contributed by atoms with E-state index >= 15 is 0 Å². The van der Waals surface area contributed by atoms with Crippen molar-refractivity contribution in [1.29, 1.82) is 0 Å². The maximum Gasteiger partial charge on any atom is 0.338 e. The van der Waals surface area contributed by atoms with Crippen molar-refractivity contribution in [2.75, 3.05) is 11.9 Å². The molecule has 0 saturated heterocycles. The second-order valence-corrected chi connectivity index (χ2v) is 4.40. The lowest BCUT2D eigenvalue weighted by molar-refractivity contribution is -0.119. The normalized spacial score (nSPS) is 9.82. The minimum atomic E-state index is -0.655. The number of esters is 1. The summed E-state index contributed by atoms with van der Waals surface area (Å²) in [7, 11) is 0. The topological polar surface area (TPSA) is 98.5 Å². The molecular formula is C16H14N2O4. The highest BCUT2D eigenvalue weighted by molar-refractivity contribution is 6.03. The van der Waals surface area contributed by atoms with E-state index in [1.54, 1.807) is 42.5 Å². The van der Waals surface area contributed by atoms with Crippen LogP contribution in [0.25, 0.3) is 0 Å². The number of hydrogen-bond donors (Lipinski definition) is 2. The fourth-order valence-corrected chi connectivity index (χ4v) is 1.78. The number of ether oxygens (including phenoxy) is 1. The van der Waals surface area contributed by atoms with Crippen LogP contribution in [0.15, 0.2) is 54.6 Å². The molecule has 0 atom stereocenters. The lowest BCUT2D eigenvalue weighted by atomic mass is 10.1. The lowest BCUT2D eigenvalue weighted by Gasteiger charge is -2.09. The van der Waals surface area contributed by atoms with Crippen LogP contribution in [0.5, 0.6) is 0 Å². The van der Waals surface area contributed by atoms with Gasteiger partial charge in [0, 0.05) is 0 Å². The molecule has 0 bridgehead atoms. The van der Waals surface area contributed by atoms with Crippen molar-refractivity contribution in [2.45, 2.75) is 0 Å². The number of benzene rings is 2. The molecule has 6 nitrogen and oxygen atoms in total. The Kier molecular flexibility index (Phi) is 4.87. The summed E-state index contributed by atoms with van der Waals surface area (Å²) in [5.74, 6) is -1.81. The zero-order valence-electron chi connectivity index (χ0n) is 11.6. The molecule has 0 aliphatic rings. The fraction of sp³-hybridized carbons (Fsp3) is 0.0625. The summed E-state index contributed by atoms with van der Waals surface area (Å²) in [6.45, 7) is -0.458. The van der Waals surface area contributed by atoms with Gasteiger partial charge >= 0.3 is 5.97 Å². The number of hydrogen-bond acceptors (Lipinski definition) is 4. The first-order chi connectivity index (χ1) is 10.6. The Morgan fingerprint density at radius 3 is 2.27 bits per heavy atom. The second-order valence-electron chi connectivity index (χ2n) is 4.40. The number of carbonyl (C=O) groups is 3. The van der Waals surface area contributed by atoms with E-state index in [1.807, 2.05) is 0 Å². The zero-order chi connectivity index (χ0) is 15.9. The summed E-state index contributed by atoms with van der Waals surface area (Å²) in [6.07, 6.45) is 0.